The summed E-state index contributed by atoms with van der Waals surface area (Å²) >= 11 is 0. The minimum Gasteiger partial charge on any atom is -0.467 e. The zero-order valence-corrected chi connectivity index (χ0v) is 16.0. The molecule has 3 aromatic rings. The Morgan fingerprint density at radius 2 is 1.90 bits per heavy atom. The highest BCUT2D eigenvalue weighted by Gasteiger charge is 2.42. The highest BCUT2D eigenvalue weighted by Crippen LogP contribution is 2.21. The van der Waals surface area contributed by atoms with E-state index in [2.05, 4.69) is 11.0 Å². The first-order valence-corrected chi connectivity index (χ1v) is 9.85. The van der Waals surface area contributed by atoms with Crippen LogP contribution >= 0.6 is 0 Å². The first-order valence-electron chi connectivity index (χ1n) is 9.85. The number of benzene rings is 1. The molecule has 2 aliphatic heterocycles. The summed E-state index contributed by atoms with van der Waals surface area (Å²) in [6.45, 7) is 2.93. The topological polar surface area (TPSA) is 69.9 Å². The molecule has 2 fully saturated rings. The Morgan fingerprint density at radius 1 is 1.00 bits per heavy atom. The van der Waals surface area contributed by atoms with Crippen molar-refractivity contribution in [3.8, 4) is 0 Å². The molecule has 1 aromatic carbocycles. The van der Waals surface area contributed by atoms with Gasteiger partial charge < -0.3 is 14.2 Å². The SMILES string of the molecule is O=C1C2CN(Cc3ccc4ccccc4n3)CCN2C(=O)CN1Cc1ccco1. The van der Waals surface area contributed by atoms with Crippen molar-refractivity contribution in [2.45, 2.75) is 19.1 Å². The Kier molecular flexibility index (Phi) is 4.52. The third-order valence-corrected chi connectivity index (χ3v) is 5.68. The summed E-state index contributed by atoms with van der Waals surface area (Å²) in [4.78, 5) is 35.9. The lowest BCUT2D eigenvalue weighted by Gasteiger charge is -2.45. The number of aromatic nitrogens is 1. The number of para-hydroxylation sites is 1. The van der Waals surface area contributed by atoms with E-state index in [1.807, 2.05) is 36.4 Å². The molecule has 0 N–H and O–H groups in total. The van der Waals surface area contributed by atoms with E-state index in [4.69, 9.17) is 9.40 Å². The van der Waals surface area contributed by atoms with Gasteiger partial charge in [0.2, 0.25) is 11.8 Å². The van der Waals surface area contributed by atoms with Gasteiger partial charge in [0.25, 0.3) is 0 Å². The molecule has 2 aliphatic rings. The van der Waals surface area contributed by atoms with Crippen LogP contribution in [0.15, 0.2) is 59.2 Å². The number of furan rings is 1. The van der Waals surface area contributed by atoms with Crippen LogP contribution in [0.2, 0.25) is 0 Å². The zero-order valence-electron chi connectivity index (χ0n) is 16.0. The van der Waals surface area contributed by atoms with Crippen LogP contribution in [-0.4, -0.2) is 63.7 Å². The second kappa shape index (κ2) is 7.33. The average Bonchev–Trinajstić information content (AvgIpc) is 3.25. The average molecular weight is 390 g/mol. The van der Waals surface area contributed by atoms with Gasteiger partial charge in [0.15, 0.2) is 0 Å². The number of pyridine rings is 1. The van der Waals surface area contributed by atoms with Gasteiger partial charge in [0.05, 0.1) is 24.0 Å². The van der Waals surface area contributed by atoms with Crippen LogP contribution in [0.3, 0.4) is 0 Å². The normalized spacial score (nSPS) is 20.3. The molecule has 2 amide bonds. The lowest BCUT2D eigenvalue weighted by Crippen LogP contribution is -2.66. The number of amides is 2. The molecular formula is C22H22N4O3. The van der Waals surface area contributed by atoms with E-state index in [1.54, 1.807) is 22.1 Å². The molecule has 7 nitrogen and oxygen atoms in total. The van der Waals surface area contributed by atoms with Gasteiger partial charge in [-0.15, -0.1) is 0 Å². The standard InChI is InChI=1S/C22H22N4O3/c27-21-15-25(13-18-5-3-11-29-18)22(28)20-14-24(9-10-26(20)21)12-17-8-7-16-4-1-2-6-19(16)23-17/h1-8,11,20H,9-10,12-15H2. The largest absolute Gasteiger partial charge is 0.467 e. The molecule has 2 aromatic heterocycles. The van der Waals surface area contributed by atoms with E-state index in [0.29, 0.717) is 31.9 Å². The number of piperazine rings is 2. The maximum atomic E-state index is 13.1. The Morgan fingerprint density at radius 3 is 2.76 bits per heavy atom. The molecule has 0 radical (unpaired) electrons. The van der Waals surface area contributed by atoms with Crippen molar-refractivity contribution in [1.82, 2.24) is 19.7 Å². The molecule has 148 valence electrons. The van der Waals surface area contributed by atoms with Gasteiger partial charge in [-0.25, -0.2) is 0 Å². The summed E-state index contributed by atoms with van der Waals surface area (Å²) in [5.74, 6) is 0.675. The minimum atomic E-state index is -0.444. The van der Waals surface area contributed by atoms with Crippen LogP contribution in [0, 0.1) is 0 Å². The second-order valence-electron chi connectivity index (χ2n) is 7.61. The molecule has 0 aliphatic carbocycles. The van der Waals surface area contributed by atoms with Gasteiger partial charge >= 0.3 is 0 Å². The number of nitrogens with zero attached hydrogens (tertiary/aromatic N) is 4. The predicted octanol–water partition coefficient (Wildman–Crippen LogP) is 1.88. The summed E-state index contributed by atoms with van der Waals surface area (Å²) in [5, 5.41) is 1.11. The molecule has 5 rings (SSSR count). The van der Waals surface area contributed by atoms with Crippen LogP contribution < -0.4 is 0 Å². The molecular weight excluding hydrogens is 368 g/mol. The monoisotopic (exact) mass is 390 g/mol. The third kappa shape index (κ3) is 3.49. The van der Waals surface area contributed by atoms with Gasteiger partial charge in [-0.1, -0.05) is 24.3 Å². The Bertz CT molecular complexity index is 1050. The summed E-state index contributed by atoms with van der Waals surface area (Å²) < 4.78 is 5.35. The summed E-state index contributed by atoms with van der Waals surface area (Å²) in [6.07, 6.45) is 1.58. The summed E-state index contributed by atoms with van der Waals surface area (Å²) in [6, 6.07) is 15.3. The molecule has 1 unspecified atom stereocenters. The van der Waals surface area contributed by atoms with Crippen LogP contribution in [0.25, 0.3) is 10.9 Å². The fourth-order valence-electron chi connectivity index (χ4n) is 4.19. The van der Waals surface area contributed by atoms with Crippen molar-refractivity contribution in [3.05, 3.63) is 66.2 Å². The molecule has 7 heteroatoms. The van der Waals surface area contributed by atoms with Gasteiger partial charge in [0.1, 0.15) is 18.3 Å². The van der Waals surface area contributed by atoms with Crippen LogP contribution in [0.1, 0.15) is 11.5 Å². The van der Waals surface area contributed by atoms with Gasteiger partial charge in [-0.05, 0) is 24.3 Å². The smallest absolute Gasteiger partial charge is 0.247 e. The quantitative estimate of drug-likeness (QED) is 0.680. The molecule has 4 heterocycles. The van der Waals surface area contributed by atoms with Crippen LogP contribution in [0.5, 0.6) is 0 Å². The van der Waals surface area contributed by atoms with E-state index in [9.17, 15) is 9.59 Å². The number of rotatable bonds is 4. The number of carbonyl (C=O) groups is 2. The van der Waals surface area contributed by atoms with E-state index >= 15 is 0 Å². The van der Waals surface area contributed by atoms with Gasteiger partial charge in [-0.2, -0.15) is 0 Å². The first-order chi connectivity index (χ1) is 14.2. The lowest BCUT2D eigenvalue weighted by atomic mass is 10.1. The van der Waals surface area contributed by atoms with Crippen molar-refractivity contribution in [3.63, 3.8) is 0 Å². The van der Waals surface area contributed by atoms with Crippen LogP contribution in [0.4, 0.5) is 0 Å². The van der Waals surface area contributed by atoms with E-state index in [0.717, 1.165) is 23.1 Å². The Balaban J connectivity index is 1.30. The number of hydrogen-bond acceptors (Lipinski definition) is 5. The van der Waals surface area contributed by atoms with E-state index < -0.39 is 6.04 Å². The lowest BCUT2D eigenvalue weighted by molar-refractivity contribution is -0.160. The second-order valence-corrected chi connectivity index (χ2v) is 7.61. The van der Waals surface area contributed by atoms with Crippen LogP contribution in [-0.2, 0) is 22.7 Å². The number of fused-ring (bicyclic) bond motifs is 2. The fraction of sp³-hybridized carbons (Fsp3) is 0.318. The van der Waals surface area contributed by atoms with E-state index in [1.165, 1.54) is 0 Å². The van der Waals surface area contributed by atoms with Crippen molar-refractivity contribution < 1.29 is 14.0 Å². The fourth-order valence-corrected chi connectivity index (χ4v) is 4.19. The zero-order chi connectivity index (χ0) is 19.8. The highest BCUT2D eigenvalue weighted by atomic mass is 16.3. The first kappa shape index (κ1) is 17.9. The molecule has 0 spiro atoms. The highest BCUT2D eigenvalue weighted by molar-refractivity contribution is 5.95. The predicted molar refractivity (Wildman–Crippen MR) is 107 cm³/mol. The molecule has 0 saturated carbocycles. The summed E-state index contributed by atoms with van der Waals surface area (Å²) in [7, 11) is 0. The molecule has 2 saturated heterocycles. The van der Waals surface area contributed by atoms with Crippen molar-refractivity contribution >= 4 is 22.7 Å². The maximum absolute atomic E-state index is 13.1. The molecule has 1 atom stereocenters. The molecule has 0 bridgehead atoms. The molecule has 29 heavy (non-hydrogen) atoms. The van der Waals surface area contributed by atoms with Crippen molar-refractivity contribution in [2.24, 2.45) is 0 Å². The number of carbonyl (C=O) groups excluding carboxylic acids is 2. The minimum absolute atomic E-state index is 0.00429. The number of hydrogen-bond donors (Lipinski definition) is 0. The summed E-state index contributed by atoms with van der Waals surface area (Å²) in [5.41, 5.74) is 1.94. The third-order valence-electron chi connectivity index (χ3n) is 5.68. The Hall–Kier alpha value is -3.19. The van der Waals surface area contributed by atoms with Crippen molar-refractivity contribution in [1.29, 1.82) is 0 Å². The van der Waals surface area contributed by atoms with Gasteiger partial charge in [-0.3, -0.25) is 19.5 Å². The van der Waals surface area contributed by atoms with Gasteiger partial charge in [0, 0.05) is 31.6 Å². The Labute approximate surface area is 168 Å². The maximum Gasteiger partial charge on any atom is 0.247 e. The van der Waals surface area contributed by atoms with E-state index in [-0.39, 0.29) is 18.4 Å². The van der Waals surface area contributed by atoms with Crippen molar-refractivity contribution in [2.75, 3.05) is 26.2 Å².